The minimum atomic E-state index is 0.545. The molecule has 0 aromatic heterocycles. The summed E-state index contributed by atoms with van der Waals surface area (Å²) in [6.07, 6.45) is 2.26. The highest BCUT2D eigenvalue weighted by atomic mass is 79.9. The summed E-state index contributed by atoms with van der Waals surface area (Å²) in [5, 5.41) is 0. The largest absolute Gasteiger partial charge is 0.311 e. The van der Waals surface area contributed by atoms with Gasteiger partial charge < -0.3 is 9.80 Å². The van der Waals surface area contributed by atoms with E-state index in [9.17, 15) is 0 Å². The van der Waals surface area contributed by atoms with Gasteiger partial charge in [-0.05, 0) is 133 Å². The Bertz CT molecular complexity index is 1440. The first-order valence-electron chi connectivity index (χ1n) is 14.8. The minimum absolute atomic E-state index is 0.545. The molecule has 42 heavy (non-hydrogen) atoms. The third-order valence-corrected chi connectivity index (χ3v) is 9.26. The lowest BCUT2D eigenvalue weighted by Crippen LogP contribution is -2.12. The molecule has 0 aliphatic heterocycles. The monoisotopic (exact) mass is 680 g/mol. The van der Waals surface area contributed by atoms with Crippen molar-refractivity contribution in [3.8, 4) is 0 Å². The summed E-state index contributed by atoms with van der Waals surface area (Å²) in [5.41, 5.74) is 9.49. The smallest absolute Gasteiger partial charge is 0.0463 e. The Kier molecular flexibility index (Phi) is 9.87. The van der Waals surface area contributed by atoms with Crippen LogP contribution in [0.25, 0.3) is 0 Å². The maximum absolute atomic E-state index is 3.60. The van der Waals surface area contributed by atoms with E-state index in [1.165, 1.54) is 11.1 Å². The lowest BCUT2D eigenvalue weighted by atomic mass is 9.98. The molecule has 0 saturated heterocycles. The van der Waals surface area contributed by atoms with E-state index in [1.807, 2.05) is 0 Å². The Morgan fingerprint density at radius 2 is 0.619 bits per heavy atom. The molecule has 2 unspecified atom stereocenters. The molecule has 5 aromatic rings. The highest BCUT2D eigenvalue weighted by Crippen LogP contribution is 2.40. The Morgan fingerprint density at radius 3 is 0.857 bits per heavy atom. The lowest BCUT2D eigenvalue weighted by Gasteiger charge is -2.29. The zero-order valence-electron chi connectivity index (χ0n) is 24.8. The molecule has 4 heteroatoms. The van der Waals surface area contributed by atoms with Gasteiger partial charge in [0.2, 0.25) is 0 Å². The zero-order valence-corrected chi connectivity index (χ0v) is 27.9. The van der Waals surface area contributed by atoms with Crippen molar-refractivity contribution in [3.05, 3.63) is 141 Å². The van der Waals surface area contributed by atoms with Gasteiger partial charge in [-0.25, -0.2) is 0 Å². The molecule has 0 saturated carbocycles. The number of halogens is 2. The van der Waals surface area contributed by atoms with Gasteiger partial charge in [0.15, 0.2) is 0 Å². The van der Waals surface area contributed by atoms with E-state index >= 15 is 0 Å². The molecule has 0 heterocycles. The van der Waals surface area contributed by atoms with Crippen LogP contribution in [0.5, 0.6) is 0 Å². The second-order valence-corrected chi connectivity index (χ2v) is 12.8. The van der Waals surface area contributed by atoms with Crippen LogP contribution in [-0.2, 0) is 0 Å². The number of rotatable bonds is 10. The van der Waals surface area contributed by atoms with E-state index in [2.05, 4.69) is 191 Å². The van der Waals surface area contributed by atoms with Gasteiger partial charge in [-0.1, -0.05) is 83.8 Å². The van der Waals surface area contributed by atoms with Gasteiger partial charge in [0.25, 0.3) is 0 Å². The van der Waals surface area contributed by atoms with E-state index < -0.39 is 0 Å². The standard InChI is InChI=1S/C38H38Br2N2/c1-5-27(3)29-7-15-33(16-8-29)41(35-19-11-31(39)12-20-35)37-23-25-38(26-24-37)42(36-21-13-32(40)14-22-36)34-17-9-30(10-18-34)28(4)6-2/h7-28H,5-6H2,1-4H3. The predicted molar refractivity (Wildman–Crippen MR) is 189 cm³/mol. The number of benzene rings is 5. The fraction of sp³-hybridized carbons (Fsp3) is 0.211. The Morgan fingerprint density at radius 1 is 0.405 bits per heavy atom. The molecule has 0 spiro atoms. The van der Waals surface area contributed by atoms with Crippen LogP contribution in [0.2, 0.25) is 0 Å². The second kappa shape index (κ2) is 13.8. The maximum atomic E-state index is 3.60. The van der Waals surface area contributed by atoms with Gasteiger partial charge in [0, 0.05) is 43.1 Å². The van der Waals surface area contributed by atoms with E-state index in [0.29, 0.717) is 11.8 Å². The normalized spacial score (nSPS) is 12.5. The SMILES string of the molecule is CCC(C)c1ccc(N(c2ccc(Br)cc2)c2ccc(N(c3ccc(Br)cc3)c3ccc(C(C)CC)cc3)cc2)cc1. The number of anilines is 6. The van der Waals surface area contributed by atoms with Crippen LogP contribution in [0, 0.1) is 0 Å². The number of nitrogens with zero attached hydrogens (tertiary/aromatic N) is 2. The van der Waals surface area contributed by atoms with Crippen LogP contribution in [-0.4, -0.2) is 0 Å². The molecule has 0 bridgehead atoms. The number of hydrogen-bond donors (Lipinski definition) is 0. The third-order valence-electron chi connectivity index (χ3n) is 8.20. The Hall–Kier alpha value is -3.34. The Labute approximate surface area is 268 Å². The first-order valence-corrected chi connectivity index (χ1v) is 16.4. The molecule has 2 nitrogen and oxygen atoms in total. The third kappa shape index (κ3) is 6.82. The highest BCUT2D eigenvalue weighted by Gasteiger charge is 2.17. The van der Waals surface area contributed by atoms with Crippen molar-refractivity contribution in [3.63, 3.8) is 0 Å². The van der Waals surface area contributed by atoms with E-state index in [4.69, 9.17) is 0 Å². The summed E-state index contributed by atoms with van der Waals surface area (Å²) in [7, 11) is 0. The fourth-order valence-corrected chi connectivity index (χ4v) is 5.73. The number of hydrogen-bond acceptors (Lipinski definition) is 2. The van der Waals surface area contributed by atoms with Crippen molar-refractivity contribution in [1.29, 1.82) is 0 Å². The van der Waals surface area contributed by atoms with Crippen molar-refractivity contribution < 1.29 is 0 Å². The van der Waals surface area contributed by atoms with Crippen LogP contribution in [0.1, 0.15) is 63.5 Å². The molecule has 0 aliphatic rings. The summed E-state index contributed by atoms with van der Waals surface area (Å²) in [6.45, 7) is 9.06. The second-order valence-electron chi connectivity index (χ2n) is 10.9. The molecule has 0 aliphatic carbocycles. The first-order chi connectivity index (χ1) is 20.4. The van der Waals surface area contributed by atoms with Crippen LogP contribution in [0.4, 0.5) is 34.1 Å². The van der Waals surface area contributed by atoms with Crippen molar-refractivity contribution in [2.45, 2.75) is 52.4 Å². The van der Waals surface area contributed by atoms with Crippen LogP contribution >= 0.6 is 31.9 Å². The topological polar surface area (TPSA) is 6.48 Å². The van der Waals surface area contributed by atoms with Gasteiger partial charge >= 0.3 is 0 Å². The average molecular weight is 683 g/mol. The molecule has 0 N–H and O–H groups in total. The summed E-state index contributed by atoms with van der Waals surface area (Å²) in [5.74, 6) is 1.09. The highest BCUT2D eigenvalue weighted by molar-refractivity contribution is 9.10. The molecule has 0 amide bonds. The minimum Gasteiger partial charge on any atom is -0.311 e. The van der Waals surface area contributed by atoms with E-state index in [0.717, 1.165) is 55.9 Å². The first kappa shape index (κ1) is 30.1. The van der Waals surface area contributed by atoms with Crippen molar-refractivity contribution in [2.24, 2.45) is 0 Å². The maximum Gasteiger partial charge on any atom is 0.0463 e. The van der Waals surface area contributed by atoms with Crippen LogP contribution < -0.4 is 9.80 Å². The quantitative estimate of drug-likeness (QED) is 0.145. The molecular formula is C38H38Br2N2. The summed E-state index contributed by atoms with van der Waals surface area (Å²) >= 11 is 7.21. The van der Waals surface area contributed by atoms with Crippen molar-refractivity contribution in [1.82, 2.24) is 0 Å². The molecule has 214 valence electrons. The predicted octanol–water partition coefficient (Wildman–Crippen LogP) is 13.2. The van der Waals surface area contributed by atoms with E-state index in [1.54, 1.807) is 0 Å². The van der Waals surface area contributed by atoms with Gasteiger partial charge in [-0.15, -0.1) is 0 Å². The fourth-order valence-electron chi connectivity index (χ4n) is 5.20. The van der Waals surface area contributed by atoms with Crippen LogP contribution in [0.3, 0.4) is 0 Å². The summed E-state index contributed by atoms with van der Waals surface area (Å²) in [4.78, 5) is 4.64. The molecule has 5 aromatic carbocycles. The Balaban J connectivity index is 1.55. The summed E-state index contributed by atoms with van der Waals surface area (Å²) in [6, 6.07) is 44.0. The van der Waals surface area contributed by atoms with Gasteiger partial charge in [-0.3, -0.25) is 0 Å². The van der Waals surface area contributed by atoms with Gasteiger partial charge in [-0.2, -0.15) is 0 Å². The van der Waals surface area contributed by atoms with Gasteiger partial charge in [0.1, 0.15) is 0 Å². The molecule has 2 atom stereocenters. The molecule has 0 fully saturated rings. The molecular weight excluding hydrogens is 644 g/mol. The van der Waals surface area contributed by atoms with Crippen molar-refractivity contribution >= 4 is 66.0 Å². The van der Waals surface area contributed by atoms with Crippen molar-refractivity contribution in [2.75, 3.05) is 9.80 Å². The summed E-state index contributed by atoms with van der Waals surface area (Å²) < 4.78 is 2.14. The molecule has 5 rings (SSSR count). The molecule has 0 radical (unpaired) electrons. The average Bonchev–Trinajstić information content (AvgIpc) is 3.03. The van der Waals surface area contributed by atoms with Crippen LogP contribution in [0.15, 0.2) is 130 Å². The van der Waals surface area contributed by atoms with E-state index in [-0.39, 0.29) is 0 Å². The lowest BCUT2D eigenvalue weighted by molar-refractivity contribution is 0.733. The zero-order chi connectivity index (χ0) is 29.6. The van der Waals surface area contributed by atoms with Gasteiger partial charge in [0.05, 0.1) is 0 Å².